The van der Waals surface area contributed by atoms with Crippen LogP contribution in [0.4, 0.5) is 10.5 Å². The Morgan fingerprint density at radius 1 is 0.841 bits per heavy atom. The smallest absolute Gasteiger partial charge is 0.319 e. The molecule has 3 N–H and O–H groups in total. The number of ether oxygens (including phenoxy) is 2. The molecule has 2 amide bonds. The Balaban J connectivity index is 1.14. The first-order chi connectivity index (χ1) is 21.6. The number of urea groups is 1. The molecule has 6 rings (SSSR count). The van der Waals surface area contributed by atoms with E-state index >= 15 is 0 Å². The summed E-state index contributed by atoms with van der Waals surface area (Å²) in [4.78, 5) is 17.8. The second-order valence-electron chi connectivity index (χ2n) is 12.5. The van der Waals surface area contributed by atoms with Crippen LogP contribution in [0, 0.1) is 5.92 Å². The number of aliphatic hydroxyl groups excluding tert-OH is 1. The van der Waals surface area contributed by atoms with Crippen molar-refractivity contribution in [1.29, 1.82) is 0 Å². The third-order valence-corrected chi connectivity index (χ3v) is 9.44. The minimum Gasteiger partial charge on any atom is -0.392 e. The van der Waals surface area contributed by atoms with E-state index in [1.54, 1.807) is 0 Å². The molecule has 3 saturated heterocycles. The molecule has 5 atom stereocenters. The maximum atomic E-state index is 12.5. The van der Waals surface area contributed by atoms with Gasteiger partial charge >= 0.3 is 6.03 Å². The van der Waals surface area contributed by atoms with Crippen LogP contribution in [0.15, 0.2) is 78.9 Å². The predicted octanol–water partition coefficient (Wildman–Crippen LogP) is 5.85. The number of carbonyl (C=O) groups is 1. The summed E-state index contributed by atoms with van der Waals surface area (Å²) in [5, 5.41) is 15.4. The van der Waals surface area contributed by atoms with E-state index in [0.29, 0.717) is 18.3 Å². The highest BCUT2D eigenvalue weighted by atomic mass is 16.7. The van der Waals surface area contributed by atoms with E-state index in [9.17, 15) is 9.90 Å². The van der Waals surface area contributed by atoms with Crippen LogP contribution in [0.5, 0.6) is 0 Å². The van der Waals surface area contributed by atoms with Gasteiger partial charge in [0.1, 0.15) is 0 Å². The largest absolute Gasteiger partial charge is 0.392 e. The number of rotatable bonds is 10. The van der Waals surface area contributed by atoms with Gasteiger partial charge in [-0.2, -0.15) is 0 Å². The third-order valence-electron chi connectivity index (χ3n) is 9.44. The monoisotopic (exact) mass is 598 g/mol. The van der Waals surface area contributed by atoms with Crippen LogP contribution in [-0.4, -0.2) is 65.8 Å². The molecule has 44 heavy (non-hydrogen) atoms. The Morgan fingerprint density at radius 2 is 1.57 bits per heavy atom. The van der Waals surface area contributed by atoms with E-state index in [1.165, 1.54) is 38.8 Å². The second kappa shape index (κ2) is 14.7. The highest BCUT2D eigenvalue weighted by molar-refractivity contribution is 5.89. The van der Waals surface area contributed by atoms with Crippen molar-refractivity contribution in [2.24, 2.45) is 5.92 Å². The van der Waals surface area contributed by atoms with Gasteiger partial charge in [-0.25, -0.2) is 4.79 Å². The SMILES string of the molecule is C[C@@H]1[C@H](CN2CCC[C@H]2CN2CCCC2)O[C@H](c2ccc(NC(=O)NCc3ccccc3)cc2)O[C@@H]1c1ccc(CO)cc1. The van der Waals surface area contributed by atoms with Crippen molar-refractivity contribution in [3.63, 3.8) is 0 Å². The second-order valence-corrected chi connectivity index (χ2v) is 12.5. The average Bonchev–Trinajstić information content (AvgIpc) is 3.74. The molecule has 234 valence electrons. The molecule has 8 heteroatoms. The van der Waals surface area contributed by atoms with Crippen molar-refractivity contribution in [2.75, 3.05) is 38.0 Å². The fourth-order valence-electron chi connectivity index (χ4n) is 6.84. The molecule has 0 unspecified atom stereocenters. The average molecular weight is 599 g/mol. The van der Waals surface area contributed by atoms with E-state index in [2.05, 4.69) is 39.5 Å². The van der Waals surface area contributed by atoms with Gasteiger partial charge in [-0.15, -0.1) is 0 Å². The van der Waals surface area contributed by atoms with Crippen LogP contribution in [0.3, 0.4) is 0 Å². The number of nitrogens with one attached hydrogen (secondary N) is 2. The van der Waals surface area contributed by atoms with E-state index in [1.807, 2.05) is 66.7 Å². The zero-order valence-electron chi connectivity index (χ0n) is 25.7. The van der Waals surface area contributed by atoms with E-state index < -0.39 is 6.29 Å². The highest BCUT2D eigenvalue weighted by Gasteiger charge is 2.40. The third kappa shape index (κ3) is 7.68. The van der Waals surface area contributed by atoms with Crippen molar-refractivity contribution in [2.45, 2.75) is 70.3 Å². The molecule has 8 nitrogen and oxygen atoms in total. The molecule has 0 aromatic heterocycles. The summed E-state index contributed by atoms with van der Waals surface area (Å²) in [6.07, 6.45) is 4.44. The van der Waals surface area contributed by atoms with Crippen molar-refractivity contribution < 1.29 is 19.4 Å². The van der Waals surface area contributed by atoms with Gasteiger partial charge in [0.2, 0.25) is 0 Å². The maximum Gasteiger partial charge on any atom is 0.319 e. The lowest BCUT2D eigenvalue weighted by molar-refractivity contribution is -0.276. The Bertz CT molecular complexity index is 1330. The van der Waals surface area contributed by atoms with Crippen molar-refractivity contribution in [1.82, 2.24) is 15.1 Å². The van der Waals surface area contributed by atoms with Crippen LogP contribution in [0.25, 0.3) is 0 Å². The van der Waals surface area contributed by atoms with Crippen LogP contribution < -0.4 is 10.6 Å². The predicted molar refractivity (Wildman–Crippen MR) is 172 cm³/mol. The van der Waals surface area contributed by atoms with Gasteiger partial charge in [0.15, 0.2) is 6.29 Å². The molecule has 0 saturated carbocycles. The van der Waals surface area contributed by atoms with E-state index in [4.69, 9.17) is 9.47 Å². The number of benzene rings is 3. The normalized spacial score (nSPS) is 26.1. The first kappa shape index (κ1) is 30.7. The fraction of sp³-hybridized carbons (Fsp3) is 0.472. The van der Waals surface area contributed by atoms with Crippen LogP contribution in [0.1, 0.15) is 67.3 Å². The van der Waals surface area contributed by atoms with Crippen molar-refractivity contribution in [3.8, 4) is 0 Å². The van der Waals surface area contributed by atoms with Gasteiger partial charge in [-0.05, 0) is 74.1 Å². The lowest BCUT2D eigenvalue weighted by atomic mass is 9.90. The summed E-state index contributed by atoms with van der Waals surface area (Å²) >= 11 is 0. The zero-order valence-corrected chi connectivity index (χ0v) is 25.7. The first-order valence-corrected chi connectivity index (χ1v) is 16.2. The summed E-state index contributed by atoms with van der Waals surface area (Å²) in [5.74, 6) is 0.147. The Hall–Kier alpha value is -3.27. The number of likely N-dealkylation sites (tertiary alicyclic amines) is 2. The van der Waals surface area contributed by atoms with E-state index in [0.717, 1.165) is 41.9 Å². The Morgan fingerprint density at radius 3 is 2.30 bits per heavy atom. The molecule has 3 aromatic rings. The topological polar surface area (TPSA) is 86.3 Å². The molecular weight excluding hydrogens is 552 g/mol. The fourth-order valence-corrected chi connectivity index (χ4v) is 6.84. The van der Waals surface area contributed by atoms with Crippen LogP contribution >= 0.6 is 0 Å². The molecule has 0 bridgehead atoms. The minimum atomic E-state index is -0.528. The number of aliphatic hydroxyl groups is 1. The van der Waals surface area contributed by atoms with Crippen molar-refractivity contribution >= 4 is 11.7 Å². The number of hydrogen-bond donors (Lipinski definition) is 3. The highest BCUT2D eigenvalue weighted by Crippen LogP contribution is 2.42. The van der Waals surface area contributed by atoms with Crippen LogP contribution in [0.2, 0.25) is 0 Å². The molecule has 3 aliphatic heterocycles. The van der Waals surface area contributed by atoms with Gasteiger partial charge in [0.05, 0.1) is 18.8 Å². The quantitative estimate of drug-likeness (QED) is 0.271. The minimum absolute atomic E-state index is 0.00277. The lowest BCUT2D eigenvalue weighted by Crippen LogP contribution is -2.48. The number of anilines is 1. The standard InChI is InChI=1S/C36H46N4O4/c1-26-33(24-40-21-7-10-32(40)23-39-19-5-6-20-39)43-35(44-34(26)29-13-11-28(25-41)12-14-29)30-15-17-31(18-16-30)38-36(42)37-22-27-8-3-2-4-9-27/h2-4,8-9,11-18,26,32-35,41H,5-7,10,19-25H2,1H3,(H2,37,38,42)/t26-,32+,33+,34+,35+/m1/s1. The molecule has 3 aromatic carbocycles. The number of hydrogen-bond acceptors (Lipinski definition) is 6. The van der Waals surface area contributed by atoms with Crippen molar-refractivity contribution in [3.05, 3.63) is 101 Å². The summed E-state index contributed by atoms with van der Waals surface area (Å²) < 4.78 is 13.4. The summed E-state index contributed by atoms with van der Waals surface area (Å²) in [6, 6.07) is 26.0. The Kier molecular flexibility index (Phi) is 10.3. The molecule has 3 fully saturated rings. The number of nitrogens with zero attached hydrogens (tertiary/aromatic N) is 2. The zero-order chi connectivity index (χ0) is 30.3. The molecule has 3 heterocycles. The molecule has 0 spiro atoms. The lowest BCUT2D eigenvalue weighted by Gasteiger charge is -2.43. The van der Waals surface area contributed by atoms with Crippen LogP contribution in [-0.2, 0) is 22.6 Å². The Labute approximate surface area is 261 Å². The van der Waals surface area contributed by atoms with E-state index in [-0.39, 0.29) is 30.8 Å². The maximum absolute atomic E-state index is 12.5. The van der Waals surface area contributed by atoms with Gasteiger partial charge in [-0.3, -0.25) is 4.90 Å². The summed E-state index contributed by atoms with van der Waals surface area (Å²) in [7, 11) is 0. The summed E-state index contributed by atoms with van der Waals surface area (Å²) in [5.41, 5.74) is 4.66. The van der Waals surface area contributed by atoms with Gasteiger partial charge in [0, 0.05) is 42.8 Å². The molecule has 0 radical (unpaired) electrons. The van der Waals surface area contributed by atoms with Gasteiger partial charge in [-0.1, -0.05) is 73.7 Å². The molecule has 3 aliphatic rings. The van der Waals surface area contributed by atoms with Gasteiger partial charge in [0.25, 0.3) is 0 Å². The molecule has 0 aliphatic carbocycles. The summed E-state index contributed by atoms with van der Waals surface area (Å²) in [6.45, 7) is 8.31. The molecular formula is C36H46N4O4. The number of carbonyl (C=O) groups excluding carboxylic acids is 1. The first-order valence-electron chi connectivity index (χ1n) is 16.2. The van der Waals surface area contributed by atoms with Gasteiger partial charge < -0.3 is 30.1 Å². The number of amides is 2.